The van der Waals surface area contributed by atoms with E-state index in [0.29, 0.717) is 31.4 Å². The quantitative estimate of drug-likeness (QED) is 0.131. The van der Waals surface area contributed by atoms with E-state index in [4.69, 9.17) is 4.74 Å². The summed E-state index contributed by atoms with van der Waals surface area (Å²) >= 11 is 0. The lowest BCUT2D eigenvalue weighted by Gasteiger charge is -2.35. The number of piperidine rings is 1. The zero-order valence-electron chi connectivity index (χ0n) is 29.8. The van der Waals surface area contributed by atoms with Gasteiger partial charge in [0.15, 0.2) is 0 Å². The Morgan fingerprint density at radius 2 is 1.70 bits per heavy atom. The third kappa shape index (κ3) is 8.54. The molecule has 1 saturated heterocycles. The Morgan fingerprint density at radius 3 is 2.28 bits per heavy atom. The highest BCUT2D eigenvalue weighted by molar-refractivity contribution is 6.38. The summed E-state index contributed by atoms with van der Waals surface area (Å²) in [6.45, 7) is 15.5. The molecule has 0 bridgehead atoms. The van der Waals surface area contributed by atoms with Crippen molar-refractivity contribution in [3.8, 4) is 0 Å². The van der Waals surface area contributed by atoms with Crippen LogP contribution in [0.3, 0.4) is 0 Å². The van der Waals surface area contributed by atoms with Gasteiger partial charge >= 0.3 is 12.1 Å². The first kappa shape index (κ1) is 38.1. The number of ether oxygens (including phenoxy) is 1. The Morgan fingerprint density at radius 1 is 1.04 bits per heavy atom. The fourth-order valence-electron chi connectivity index (χ4n) is 7.43. The molecule has 6 amide bonds. The zero-order chi connectivity index (χ0) is 36.7. The second kappa shape index (κ2) is 16.4. The minimum absolute atomic E-state index is 0.0489. The van der Waals surface area contributed by atoms with Crippen molar-refractivity contribution in [2.75, 3.05) is 26.7 Å². The molecule has 2 fully saturated rings. The molecule has 272 valence electrons. The molecule has 5 N–H and O–H groups in total. The number of rotatable bonds is 16. The van der Waals surface area contributed by atoms with E-state index in [9.17, 15) is 28.8 Å². The lowest BCUT2D eigenvalue weighted by Crippen LogP contribution is -2.61. The molecule has 50 heavy (non-hydrogen) atoms. The molecule has 4 rings (SSSR count). The van der Waals surface area contributed by atoms with Crippen LogP contribution in [0.25, 0.3) is 0 Å². The molecule has 1 unspecified atom stereocenters. The maximum Gasteiger partial charge on any atom is 0.406 e. The second-order valence-electron chi connectivity index (χ2n) is 14.2. The van der Waals surface area contributed by atoms with Gasteiger partial charge in [0, 0.05) is 20.1 Å². The SMILES string of the molecule is C=CCNC(=O)C(=O)C(CCCC)NC(=O)[C@@H]1[C@@H]2[C@H](CN1C(=O)[C@@H](NC(=O)N[C@H](COC(=O)NC)C(=C)C)C1Cc3ccccc3C1)C2(C)C. The smallest absolute Gasteiger partial charge is 0.406 e. The molecule has 0 spiro atoms. The number of likely N-dealkylation sites (tertiary alicyclic amines) is 1. The monoisotopic (exact) mass is 692 g/mol. The molecule has 1 saturated carbocycles. The standard InChI is InChI=1S/C37H52N6O7/c1-8-10-15-26(31(44)33(46)39-16-9-2)40-32(45)30-28-25(37(28,5)6)19-43(30)34(47)29(24-17-22-13-11-12-14-23(22)18-24)42-35(48)41-27(21(3)4)20-50-36(49)38-7/h9,11-14,24-30H,2-3,8,10,15-20H2,1,4-7H3,(H,38,49)(H,39,46)(H,40,45)(H2,41,42,48)/t25-,26?,27+,28-,29-,30-/m0/s1. The van der Waals surface area contributed by atoms with E-state index in [1.54, 1.807) is 11.8 Å². The number of nitrogens with one attached hydrogen (secondary N) is 5. The topological polar surface area (TPSA) is 175 Å². The number of amides is 6. The molecular formula is C37H52N6O7. The van der Waals surface area contributed by atoms with E-state index in [0.717, 1.165) is 17.5 Å². The molecule has 13 heteroatoms. The summed E-state index contributed by atoms with van der Waals surface area (Å²) in [4.78, 5) is 81.4. The number of carbonyl (C=O) groups excluding carboxylic acids is 6. The maximum atomic E-state index is 14.7. The number of hydrogen-bond donors (Lipinski definition) is 5. The molecule has 13 nitrogen and oxygen atoms in total. The van der Waals surface area contributed by atoms with E-state index >= 15 is 0 Å². The number of nitrogens with zero attached hydrogens (tertiary/aromatic N) is 1. The minimum atomic E-state index is -1.05. The Kier molecular flexibility index (Phi) is 12.5. The first-order chi connectivity index (χ1) is 23.7. The molecule has 1 aromatic carbocycles. The van der Waals surface area contributed by atoms with Crippen molar-refractivity contribution in [3.05, 3.63) is 60.2 Å². The number of unbranched alkanes of at least 4 members (excludes halogenated alkanes) is 1. The highest BCUT2D eigenvalue weighted by Crippen LogP contribution is 2.65. The van der Waals surface area contributed by atoms with Crippen LogP contribution in [0.1, 0.15) is 58.1 Å². The van der Waals surface area contributed by atoms with Crippen LogP contribution < -0.4 is 26.6 Å². The van der Waals surface area contributed by atoms with Crippen LogP contribution in [-0.2, 0) is 36.8 Å². The summed E-state index contributed by atoms with van der Waals surface area (Å²) in [5.74, 6) is -2.84. The number of hydrogen-bond acceptors (Lipinski definition) is 7. The summed E-state index contributed by atoms with van der Waals surface area (Å²) in [5, 5.41) is 13.4. The lowest BCUT2D eigenvalue weighted by molar-refractivity contribution is -0.144. The summed E-state index contributed by atoms with van der Waals surface area (Å²) in [6, 6.07) is 3.59. The molecular weight excluding hydrogens is 640 g/mol. The first-order valence-corrected chi connectivity index (χ1v) is 17.4. The van der Waals surface area contributed by atoms with Crippen molar-refractivity contribution in [2.24, 2.45) is 23.2 Å². The number of carbonyl (C=O) groups is 6. The number of Topliss-reactive ketones (excluding diaryl/α,β-unsaturated/α-hetero) is 1. The predicted octanol–water partition coefficient (Wildman–Crippen LogP) is 2.40. The van der Waals surface area contributed by atoms with E-state index in [-0.39, 0.29) is 42.7 Å². The molecule has 3 aliphatic rings. The molecule has 1 aromatic rings. The summed E-state index contributed by atoms with van der Waals surface area (Å²) in [6.07, 6.45) is 3.54. The van der Waals surface area contributed by atoms with Gasteiger partial charge in [0.2, 0.25) is 17.6 Å². The largest absolute Gasteiger partial charge is 0.447 e. The number of alkyl carbamates (subject to hydrolysis) is 1. The van der Waals surface area contributed by atoms with Crippen molar-refractivity contribution >= 4 is 35.6 Å². The van der Waals surface area contributed by atoms with Crippen LogP contribution >= 0.6 is 0 Å². The van der Waals surface area contributed by atoms with Crippen molar-refractivity contribution in [1.82, 2.24) is 31.5 Å². The van der Waals surface area contributed by atoms with Crippen molar-refractivity contribution in [1.29, 1.82) is 0 Å². The Balaban J connectivity index is 1.59. The zero-order valence-corrected chi connectivity index (χ0v) is 29.8. The van der Waals surface area contributed by atoms with Crippen LogP contribution in [0, 0.1) is 23.2 Å². The highest BCUT2D eigenvalue weighted by atomic mass is 16.5. The van der Waals surface area contributed by atoms with E-state index < -0.39 is 59.8 Å². The third-order valence-corrected chi connectivity index (χ3v) is 10.5. The normalized spacial score (nSPS) is 21.7. The Hall–Kier alpha value is -4.68. The molecule has 1 aliphatic heterocycles. The summed E-state index contributed by atoms with van der Waals surface area (Å²) < 4.78 is 5.15. The van der Waals surface area contributed by atoms with Gasteiger partial charge in [0.05, 0.1) is 12.1 Å². The van der Waals surface area contributed by atoms with Crippen LogP contribution in [0.5, 0.6) is 0 Å². The lowest BCUT2D eigenvalue weighted by atomic mass is 9.93. The Labute approximate surface area is 294 Å². The minimum Gasteiger partial charge on any atom is -0.447 e. The van der Waals surface area contributed by atoms with Gasteiger partial charge in [0.25, 0.3) is 5.91 Å². The molecule has 2 aliphatic carbocycles. The first-order valence-electron chi connectivity index (χ1n) is 17.4. The van der Waals surface area contributed by atoms with Gasteiger partial charge < -0.3 is 36.2 Å². The van der Waals surface area contributed by atoms with Crippen molar-refractivity contribution in [2.45, 2.75) is 84.0 Å². The molecule has 0 radical (unpaired) electrons. The molecule has 1 heterocycles. The third-order valence-electron chi connectivity index (χ3n) is 10.5. The average molecular weight is 693 g/mol. The fraction of sp³-hybridized carbons (Fsp3) is 0.568. The van der Waals surface area contributed by atoms with Crippen molar-refractivity contribution in [3.63, 3.8) is 0 Å². The summed E-state index contributed by atoms with van der Waals surface area (Å²) in [5.41, 5.74) is 2.50. The van der Waals surface area contributed by atoms with Crippen LogP contribution in [0.15, 0.2) is 49.1 Å². The number of fused-ring (bicyclic) bond motifs is 2. The number of benzene rings is 1. The van der Waals surface area contributed by atoms with Gasteiger partial charge in [-0.1, -0.05) is 76.1 Å². The number of ketones is 1. The summed E-state index contributed by atoms with van der Waals surface area (Å²) in [7, 11) is 1.43. The second-order valence-corrected chi connectivity index (χ2v) is 14.2. The van der Waals surface area contributed by atoms with Gasteiger partial charge in [0.1, 0.15) is 18.7 Å². The van der Waals surface area contributed by atoms with Gasteiger partial charge in [-0.2, -0.15) is 0 Å². The van der Waals surface area contributed by atoms with E-state index in [1.165, 1.54) is 13.1 Å². The van der Waals surface area contributed by atoms with E-state index in [1.807, 2.05) is 31.2 Å². The number of urea groups is 1. The maximum absolute atomic E-state index is 14.7. The van der Waals surface area contributed by atoms with Crippen LogP contribution in [0.4, 0.5) is 9.59 Å². The highest BCUT2D eigenvalue weighted by Gasteiger charge is 2.69. The van der Waals surface area contributed by atoms with Gasteiger partial charge in [-0.25, -0.2) is 9.59 Å². The van der Waals surface area contributed by atoms with E-state index in [2.05, 4.69) is 53.6 Å². The van der Waals surface area contributed by atoms with Crippen molar-refractivity contribution < 1.29 is 33.5 Å². The predicted molar refractivity (Wildman–Crippen MR) is 188 cm³/mol. The Bertz CT molecular complexity index is 1480. The van der Waals surface area contributed by atoms with Gasteiger partial charge in [-0.15, -0.1) is 6.58 Å². The van der Waals surface area contributed by atoms with Crippen LogP contribution in [0.2, 0.25) is 0 Å². The molecule has 0 aromatic heterocycles. The van der Waals surface area contributed by atoms with Gasteiger partial charge in [-0.05, 0) is 60.5 Å². The fourth-order valence-corrected chi connectivity index (χ4v) is 7.43. The van der Waals surface area contributed by atoms with Crippen LogP contribution in [-0.4, -0.2) is 91.4 Å². The average Bonchev–Trinajstić information content (AvgIpc) is 3.45. The van der Waals surface area contributed by atoms with Gasteiger partial charge in [-0.3, -0.25) is 19.2 Å². The molecule has 6 atom stereocenters.